The molecule has 262 valence electrons. The largest absolute Gasteiger partial charge is 0.748 e. The summed E-state index contributed by atoms with van der Waals surface area (Å²) in [4.78, 5) is 7.55. The molecule has 0 saturated heterocycles. The van der Waals surface area contributed by atoms with Gasteiger partial charge in [0.1, 0.15) is 4.70 Å². The quantitative estimate of drug-likeness (QED) is 0.0890. The molecule has 4 heterocycles. The normalized spacial score (nSPS) is 14.1. The summed E-state index contributed by atoms with van der Waals surface area (Å²) in [6, 6.07) is 20.5. The maximum atomic E-state index is 11.4. The van der Waals surface area contributed by atoms with Crippen LogP contribution >= 0.6 is 45.8 Å². The Hall–Kier alpha value is -2.60. The molecule has 0 N–H and O–H groups in total. The lowest BCUT2D eigenvalue weighted by molar-refractivity contribution is -0.668. The lowest BCUT2D eigenvalue weighted by Gasteiger charge is -2.21. The number of anilines is 1. The first-order valence-corrected chi connectivity index (χ1v) is 22.3. The summed E-state index contributed by atoms with van der Waals surface area (Å²) in [5.74, 6) is -0.918. The molecule has 0 amide bonds. The summed E-state index contributed by atoms with van der Waals surface area (Å²) in [7, 11) is -6.61. The van der Waals surface area contributed by atoms with E-state index in [-0.39, 0.29) is 12.8 Å². The molecule has 0 radical (unpaired) electrons. The molecule has 49 heavy (non-hydrogen) atoms. The average molecular weight is 777 g/mol. The molecule has 0 unspecified atom stereocenters. The second-order valence-corrected chi connectivity index (χ2v) is 18.4. The van der Waals surface area contributed by atoms with Gasteiger partial charge >= 0.3 is 0 Å². The van der Waals surface area contributed by atoms with Crippen LogP contribution in [0.15, 0.2) is 81.3 Å². The molecule has 3 aromatic heterocycles. The van der Waals surface area contributed by atoms with Crippen molar-refractivity contribution in [2.75, 3.05) is 43.1 Å². The van der Waals surface area contributed by atoms with Crippen LogP contribution in [0, 0.1) is 0 Å². The molecule has 9 nitrogen and oxygen atoms in total. The zero-order chi connectivity index (χ0) is 35.2. The van der Waals surface area contributed by atoms with Gasteiger partial charge in [0.15, 0.2) is 6.54 Å². The molecule has 0 fully saturated rings. The molecule has 0 atom stereocenters. The molecule has 0 bridgehead atoms. The van der Waals surface area contributed by atoms with E-state index in [0.29, 0.717) is 13.1 Å². The smallest absolute Gasteiger partial charge is 0.265 e. The number of thiophene rings is 2. The molecule has 0 spiro atoms. The molecule has 6 rings (SSSR count). The fraction of sp³-hybridized carbons (Fsp3) is 0.324. The highest BCUT2D eigenvalue weighted by Gasteiger charge is 2.29. The predicted octanol–water partition coefficient (Wildman–Crippen LogP) is 7.39. The Balaban J connectivity index is 0.000000717. The van der Waals surface area contributed by atoms with Gasteiger partial charge in [0.05, 0.1) is 37.0 Å². The molecule has 15 heteroatoms. The number of aromatic nitrogens is 1. The lowest BCUT2D eigenvalue weighted by Crippen LogP contribution is -2.36. The van der Waals surface area contributed by atoms with Crippen molar-refractivity contribution in [1.29, 1.82) is 0 Å². The number of thiazole rings is 1. The van der Waals surface area contributed by atoms with E-state index in [2.05, 4.69) is 71.7 Å². The molecule has 1 aliphatic rings. The molecule has 1 aliphatic heterocycles. The van der Waals surface area contributed by atoms with Gasteiger partial charge in [-0.05, 0) is 78.8 Å². The highest BCUT2D eigenvalue weighted by Crippen LogP contribution is 2.48. The van der Waals surface area contributed by atoms with Crippen LogP contribution in [0.4, 0.5) is 5.69 Å². The topological polar surface area (TPSA) is 125 Å². The molecule has 5 aromatic rings. The van der Waals surface area contributed by atoms with E-state index in [1.54, 1.807) is 45.8 Å². The standard InChI is InChI=1S/C29H26N2O6S6.C5H13N/c32-42(33,34)15-3-11-30-22-17-20(24-5-1-13-38-24)7-9-26(22)40-28(30)19-29-31(12-4-16-43(35,36)37)23-18-21(8-10-27(23)41-29)25-6-2-14-39-25;1-4-6(3)5-2/h1-2,5-10,13-14,17-19H,3-4,11-12,15-16H2,(H-,32,33,34,35,36,37);4-5H2,1-3H3/p-1. The van der Waals surface area contributed by atoms with E-state index in [4.69, 9.17) is 0 Å². The third-order valence-electron chi connectivity index (χ3n) is 7.95. The van der Waals surface area contributed by atoms with Crippen LogP contribution in [0.2, 0.25) is 0 Å². The second-order valence-electron chi connectivity index (χ2n) is 11.4. The average Bonchev–Trinajstić information content (AvgIpc) is 3.88. The first-order chi connectivity index (χ1) is 23.3. The summed E-state index contributed by atoms with van der Waals surface area (Å²) in [5.41, 5.74) is 3.98. The van der Waals surface area contributed by atoms with Crippen molar-refractivity contribution >= 4 is 88.0 Å². The van der Waals surface area contributed by atoms with E-state index >= 15 is 0 Å². The maximum absolute atomic E-state index is 11.4. The van der Waals surface area contributed by atoms with Crippen LogP contribution in [0.3, 0.4) is 0 Å². The summed E-state index contributed by atoms with van der Waals surface area (Å²) in [6.07, 6.45) is 2.37. The van der Waals surface area contributed by atoms with Crippen LogP contribution in [0.1, 0.15) is 31.7 Å². The van der Waals surface area contributed by atoms with Crippen molar-refractivity contribution in [3.8, 4) is 20.9 Å². The van der Waals surface area contributed by atoms with Crippen LogP contribution in [0.25, 0.3) is 37.2 Å². The summed E-state index contributed by atoms with van der Waals surface area (Å²) >= 11 is 6.39. The summed E-state index contributed by atoms with van der Waals surface area (Å²) in [6.45, 7) is 7.31. The van der Waals surface area contributed by atoms with E-state index in [0.717, 1.165) is 64.8 Å². The number of thioether (sulfide) groups is 1. The fourth-order valence-corrected chi connectivity index (χ4v) is 9.90. The van der Waals surface area contributed by atoms with E-state index in [9.17, 15) is 25.9 Å². The third-order valence-corrected chi connectivity index (χ3v) is 13.6. The van der Waals surface area contributed by atoms with Gasteiger partial charge in [0, 0.05) is 45.2 Å². The number of fused-ring (bicyclic) bond motifs is 2. The molecule has 0 aliphatic carbocycles. The Morgan fingerprint density at radius 3 is 2.02 bits per heavy atom. The van der Waals surface area contributed by atoms with E-state index in [1.807, 2.05) is 41.1 Å². The highest BCUT2D eigenvalue weighted by molar-refractivity contribution is 8.04. The van der Waals surface area contributed by atoms with Gasteiger partial charge in [0.25, 0.3) is 5.01 Å². The van der Waals surface area contributed by atoms with E-state index < -0.39 is 31.7 Å². The third kappa shape index (κ3) is 10.2. The first-order valence-electron chi connectivity index (χ1n) is 15.8. The van der Waals surface area contributed by atoms with Gasteiger partial charge < -0.3 is 18.9 Å². The van der Waals surface area contributed by atoms with Crippen LogP contribution in [-0.2, 0) is 26.8 Å². The maximum Gasteiger partial charge on any atom is 0.265 e. The Morgan fingerprint density at radius 2 is 1.45 bits per heavy atom. The number of hydrogen-bond acceptors (Lipinski definition) is 12. The Bertz CT molecular complexity index is 2100. The van der Waals surface area contributed by atoms with Crippen LogP contribution in [-0.4, -0.2) is 69.0 Å². The number of aryl methyl sites for hydroxylation is 1. The number of hydrogen-bond donors (Lipinski definition) is 0. The monoisotopic (exact) mass is 776 g/mol. The van der Waals surface area contributed by atoms with Gasteiger partial charge in [-0.1, -0.05) is 61.2 Å². The minimum Gasteiger partial charge on any atom is -0.748 e. The van der Waals surface area contributed by atoms with Crippen molar-refractivity contribution in [2.45, 2.75) is 38.1 Å². The molecular formula is C34H38N3O6S6-. The van der Waals surface area contributed by atoms with Gasteiger partial charge in [0.2, 0.25) is 5.52 Å². The highest BCUT2D eigenvalue weighted by atomic mass is 32.2. The SMILES string of the molecule is CCN(C)CC.O=S(=O)([O-])CCCN1/C(=C/c2sc3ccc(-c4cccs4)cc3[n+]2CCCS(=O)(=O)[O-])Sc2ccc(-c3cccs3)cc21. The minimum atomic E-state index is -4.36. The Labute approximate surface area is 305 Å². The Morgan fingerprint density at radius 1 is 0.837 bits per heavy atom. The second kappa shape index (κ2) is 16.6. The molecule has 0 saturated carbocycles. The predicted molar refractivity (Wildman–Crippen MR) is 203 cm³/mol. The van der Waals surface area contributed by atoms with Gasteiger partial charge in [-0.15, -0.1) is 22.7 Å². The summed E-state index contributed by atoms with van der Waals surface area (Å²) in [5, 5.41) is 5.78. The van der Waals surface area contributed by atoms with Crippen molar-refractivity contribution < 1.29 is 30.5 Å². The first kappa shape index (κ1) is 37.7. The van der Waals surface area contributed by atoms with Crippen LogP contribution in [0.5, 0.6) is 0 Å². The lowest BCUT2D eigenvalue weighted by atomic mass is 10.1. The van der Waals surface area contributed by atoms with Crippen molar-refractivity contribution in [3.05, 3.63) is 81.5 Å². The minimum absolute atomic E-state index is 0.171. The van der Waals surface area contributed by atoms with E-state index in [1.165, 1.54) is 0 Å². The summed E-state index contributed by atoms with van der Waals surface area (Å²) < 4.78 is 71.5. The number of rotatable bonds is 13. The van der Waals surface area contributed by atoms with Crippen molar-refractivity contribution in [3.63, 3.8) is 0 Å². The molecular weight excluding hydrogens is 739 g/mol. The number of benzene rings is 2. The zero-order valence-corrected chi connectivity index (χ0v) is 32.3. The van der Waals surface area contributed by atoms with Crippen LogP contribution < -0.4 is 9.47 Å². The van der Waals surface area contributed by atoms with Gasteiger partial charge in [-0.3, -0.25) is 0 Å². The van der Waals surface area contributed by atoms with Gasteiger partial charge in [-0.2, -0.15) is 4.57 Å². The number of nitrogens with zero attached hydrogens (tertiary/aromatic N) is 3. The van der Waals surface area contributed by atoms with Gasteiger partial charge in [-0.25, -0.2) is 16.8 Å². The Kier molecular flexibility index (Phi) is 12.8. The zero-order valence-electron chi connectivity index (χ0n) is 27.4. The van der Waals surface area contributed by atoms with Crippen molar-refractivity contribution in [2.24, 2.45) is 0 Å². The fourth-order valence-electron chi connectivity index (χ4n) is 5.20. The van der Waals surface area contributed by atoms with Crippen molar-refractivity contribution in [1.82, 2.24) is 4.90 Å². The molecule has 2 aromatic carbocycles.